The largest absolute Gasteiger partial charge is 0.375 e. The molecule has 0 saturated carbocycles. The van der Waals surface area contributed by atoms with Crippen molar-refractivity contribution in [2.24, 2.45) is 5.92 Å². The zero-order valence-corrected chi connectivity index (χ0v) is 18.3. The summed E-state index contributed by atoms with van der Waals surface area (Å²) in [5.74, 6) is -0.968. The lowest BCUT2D eigenvalue weighted by Crippen LogP contribution is -2.46. The molecule has 7 nitrogen and oxygen atoms in total. The molecular formula is C21H16ClF2N7S. The molecule has 3 aromatic heterocycles. The number of aromatic nitrogens is 5. The van der Waals surface area contributed by atoms with Crippen molar-refractivity contribution in [3.63, 3.8) is 0 Å². The van der Waals surface area contributed by atoms with Gasteiger partial charge in [-0.05, 0) is 25.1 Å². The molecule has 1 aliphatic rings. The summed E-state index contributed by atoms with van der Waals surface area (Å²) >= 11 is 7.77. The molecule has 0 bridgehead atoms. The fraction of sp³-hybridized carbons (Fsp3) is 0.238. The van der Waals surface area contributed by atoms with E-state index in [-0.39, 0.29) is 38.4 Å². The van der Waals surface area contributed by atoms with Crippen molar-refractivity contribution in [3.05, 3.63) is 41.1 Å². The molecule has 0 spiro atoms. The first-order chi connectivity index (χ1) is 15.4. The van der Waals surface area contributed by atoms with Gasteiger partial charge in [0.05, 0.1) is 27.5 Å². The average molecular weight is 472 g/mol. The van der Waals surface area contributed by atoms with Crippen LogP contribution in [0.25, 0.3) is 43.3 Å². The van der Waals surface area contributed by atoms with Gasteiger partial charge in [0.2, 0.25) is 0 Å². The number of nitrogens with one attached hydrogen (secondary N) is 1. The summed E-state index contributed by atoms with van der Waals surface area (Å²) in [7, 11) is 0. The van der Waals surface area contributed by atoms with Gasteiger partial charge in [0.1, 0.15) is 22.4 Å². The van der Waals surface area contributed by atoms with Crippen LogP contribution >= 0.6 is 22.9 Å². The summed E-state index contributed by atoms with van der Waals surface area (Å²) in [5.41, 5.74) is 7.23. The lowest BCUT2D eigenvalue weighted by molar-refractivity contribution is 0.239. The van der Waals surface area contributed by atoms with Crippen LogP contribution in [-0.4, -0.2) is 38.1 Å². The van der Waals surface area contributed by atoms with E-state index in [1.165, 1.54) is 23.6 Å². The summed E-state index contributed by atoms with van der Waals surface area (Å²) < 4.78 is 33.3. The summed E-state index contributed by atoms with van der Waals surface area (Å²) in [4.78, 5) is 8.48. The molecule has 0 amide bonds. The van der Waals surface area contributed by atoms with Gasteiger partial charge in [0, 0.05) is 35.5 Å². The first kappa shape index (κ1) is 19.7. The van der Waals surface area contributed by atoms with Crippen molar-refractivity contribution in [2.45, 2.75) is 13.0 Å². The Morgan fingerprint density at radius 3 is 2.81 bits per heavy atom. The second kappa shape index (κ2) is 7.03. The minimum atomic E-state index is -0.724. The summed E-state index contributed by atoms with van der Waals surface area (Å²) in [5, 5.41) is 12.5. The van der Waals surface area contributed by atoms with Crippen LogP contribution in [0.15, 0.2) is 24.4 Å². The van der Waals surface area contributed by atoms with E-state index in [4.69, 9.17) is 17.3 Å². The van der Waals surface area contributed by atoms with Gasteiger partial charge in [0.15, 0.2) is 10.9 Å². The predicted octanol–water partition coefficient (Wildman–Crippen LogP) is 4.55. The van der Waals surface area contributed by atoms with Gasteiger partial charge in [-0.2, -0.15) is 0 Å². The Hall–Kier alpha value is -2.95. The number of rotatable bonds is 3. The number of nitrogens with zero attached hydrogens (tertiary/aromatic N) is 5. The minimum Gasteiger partial charge on any atom is -0.375 e. The fourth-order valence-electron chi connectivity index (χ4n) is 4.29. The Bertz CT molecular complexity index is 1540. The van der Waals surface area contributed by atoms with E-state index in [2.05, 4.69) is 32.5 Å². The van der Waals surface area contributed by atoms with Crippen LogP contribution in [0, 0.1) is 17.6 Å². The highest BCUT2D eigenvalue weighted by Gasteiger charge is 2.29. The zero-order chi connectivity index (χ0) is 22.1. The van der Waals surface area contributed by atoms with Gasteiger partial charge in [-0.3, -0.25) is 4.98 Å². The third kappa shape index (κ3) is 2.73. The molecule has 162 valence electrons. The van der Waals surface area contributed by atoms with E-state index in [0.717, 1.165) is 13.1 Å². The summed E-state index contributed by atoms with van der Waals surface area (Å²) in [6.07, 6.45) is 1.48. The highest BCUT2D eigenvalue weighted by atomic mass is 35.5. The molecule has 5 aromatic rings. The highest BCUT2D eigenvalue weighted by Crippen LogP contribution is 2.42. The first-order valence-electron chi connectivity index (χ1n) is 10.0. The SMILES string of the molecule is CC(C1CNC1)n1nnc2cnc3c(F)c(-c4c(F)ccc5sc(N)nc45)c(Cl)cc3c21. The van der Waals surface area contributed by atoms with Crippen LogP contribution in [0.2, 0.25) is 5.02 Å². The van der Waals surface area contributed by atoms with Crippen molar-refractivity contribution < 1.29 is 8.78 Å². The average Bonchev–Trinajstić information content (AvgIpc) is 3.31. The molecule has 4 heterocycles. The van der Waals surface area contributed by atoms with Crippen molar-refractivity contribution in [1.29, 1.82) is 0 Å². The zero-order valence-electron chi connectivity index (χ0n) is 16.7. The summed E-state index contributed by atoms with van der Waals surface area (Å²) in [6.45, 7) is 3.82. The Balaban J connectivity index is 1.65. The standard InChI is InChI=1S/C21H16ClF2N7S/c1-8(9-5-26-6-9)31-20-10-4-11(22)15(17(24)18(10)27-7-13(20)29-30-31)16-12(23)2-3-14-19(16)28-21(25)32-14/h2-4,7-9,26H,5-6H2,1H3,(H2,25,28). The predicted molar refractivity (Wildman–Crippen MR) is 122 cm³/mol. The molecule has 2 aromatic carbocycles. The quantitative estimate of drug-likeness (QED) is 0.401. The molecular weight excluding hydrogens is 456 g/mol. The van der Waals surface area contributed by atoms with E-state index in [0.29, 0.717) is 27.0 Å². The third-order valence-electron chi connectivity index (χ3n) is 6.14. The van der Waals surface area contributed by atoms with Crippen LogP contribution in [0.1, 0.15) is 13.0 Å². The third-order valence-corrected chi connectivity index (χ3v) is 7.29. The monoisotopic (exact) mass is 471 g/mol. The van der Waals surface area contributed by atoms with Crippen LogP contribution < -0.4 is 11.1 Å². The van der Waals surface area contributed by atoms with Gasteiger partial charge in [0.25, 0.3) is 0 Å². The maximum atomic E-state index is 15.9. The maximum Gasteiger partial charge on any atom is 0.181 e. The molecule has 1 unspecified atom stereocenters. The van der Waals surface area contributed by atoms with E-state index in [9.17, 15) is 4.39 Å². The van der Waals surface area contributed by atoms with E-state index in [1.807, 2.05) is 0 Å². The Kier molecular flexibility index (Phi) is 4.33. The number of thiazole rings is 1. The van der Waals surface area contributed by atoms with Gasteiger partial charge in [-0.1, -0.05) is 28.2 Å². The number of nitrogen functional groups attached to an aromatic ring is 1. The highest BCUT2D eigenvalue weighted by molar-refractivity contribution is 7.22. The number of hydrogen-bond donors (Lipinski definition) is 2. The second-order valence-corrected chi connectivity index (χ2v) is 9.42. The van der Waals surface area contributed by atoms with Crippen molar-refractivity contribution in [1.82, 2.24) is 30.3 Å². The Morgan fingerprint density at radius 1 is 1.25 bits per heavy atom. The molecule has 6 rings (SSSR count). The lowest BCUT2D eigenvalue weighted by Gasteiger charge is -2.32. The topological polar surface area (TPSA) is 94.5 Å². The number of anilines is 1. The lowest BCUT2D eigenvalue weighted by atomic mass is 9.95. The molecule has 1 saturated heterocycles. The van der Waals surface area contributed by atoms with Gasteiger partial charge in [-0.15, -0.1) is 5.10 Å². The molecule has 1 fully saturated rings. The summed E-state index contributed by atoms with van der Waals surface area (Å²) in [6, 6.07) is 4.49. The van der Waals surface area contributed by atoms with Crippen LogP contribution in [0.3, 0.4) is 0 Å². The number of halogens is 3. The number of benzene rings is 2. The fourth-order valence-corrected chi connectivity index (χ4v) is 5.31. The van der Waals surface area contributed by atoms with Crippen molar-refractivity contribution in [3.8, 4) is 11.1 Å². The Labute approximate surface area is 189 Å². The molecule has 1 atom stereocenters. The number of pyridine rings is 1. The molecule has 1 aliphatic heterocycles. The first-order valence-corrected chi connectivity index (χ1v) is 11.2. The van der Waals surface area contributed by atoms with E-state index in [1.54, 1.807) is 16.8 Å². The minimum absolute atomic E-state index is 0.0257. The van der Waals surface area contributed by atoms with E-state index < -0.39 is 11.6 Å². The molecule has 3 N–H and O–H groups in total. The van der Waals surface area contributed by atoms with Crippen molar-refractivity contribution >= 4 is 60.2 Å². The maximum absolute atomic E-state index is 15.9. The van der Waals surface area contributed by atoms with Crippen LogP contribution in [0.4, 0.5) is 13.9 Å². The van der Waals surface area contributed by atoms with Gasteiger partial charge < -0.3 is 11.1 Å². The van der Waals surface area contributed by atoms with Crippen LogP contribution in [0.5, 0.6) is 0 Å². The Morgan fingerprint density at radius 2 is 2.06 bits per heavy atom. The number of hydrogen-bond acceptors (Lipinski definition) is 7. The van der Waals surface area contributed by atoms with E-state index >= 15 is 4.39 Å². The second-order valence-electron chi connectivity index (χ2n) is 7.95. The van der Waals surface area contributed by atoms with Gasteiger partial charge >= 0.3 is 0 Å². The molecule has 0 aliphatic carbocycles. The van der Waals surface area contributed by atoms with Gasteiger partial charge in [-0.25, -0.2) is 18.4 Å². The molecule has 0 radical (unpaired) electrons. The van der Waals surface area contributed by atoms with Crippen molar-refractivity contribution in [2.75, 3.05) is 18.8 Å². The number of fused-ring (bicyclic) bond motifs is 4. The molecule has 32 heavy (non-hydrogen) atoms. The number of nitrogens with two attached hydrogens (primary N) is 1. The smallest absolute Gasteiger partial charge is 0.181 e. The molecule has 11 heteroatoms. The normalized spacial score (nSPS) is 15.6. The van der Waals surface area contributed by atoms with Crippen LogP contribution in [-0.2, 0) is 0 Å².